The first-order valence-electron chi connectivity index (χ1n) is 8.14. The van der Waals surface area contributed by atoms with E-state index < -0.39 is 0 Å². The van der Waals surface area contributed by atoms with Gasteiger partial charge in [0.05, 0.1) is 0 Å². The van der Waals surface area contributed by atoms with E-state index in [-0.39, 0.29) is 11.6 Å². The summed E-state index contributed by atoms with van der Waals surface area (Å²) in [5.41, 5.74) is 5.32. The quantitative estimate of drug-likeness (QED) is 0.834. The zero-order valence-electron chi connectivity index (χ0n) is 13.6. The fourth-order valence-electron chi connectivity index (χ4n) is 3.03. The maximum atomic E-state index is 12.7. The lowest BCUT2D eigenvalue weighted by Crippen LogP contribution is -2.43. The first-order valence-corrected chi connectivity index (χ1v) is 9.54. The zero-order valence-corrected chi connectivity index (χ0v) is 15.3. The van der Waals surface area contributed by atoms with E-state index in [1.807, 2.05) is 0 Å². The lowest BCUT2D eigenvalue weighted by atomic mass is 9.85. The van der Waals surface area contributed by atoms with Crippen LogP contribution in [0.25, 0.3) is 0 Å². The smallest absolute Gasteiger partial charge is 0.191 e. The van der Waals surface area contributed by atoms with Gasteiger partial charge in [0.15, 0.2) is 11.6 Å². The van der Waals surface area contributed by atoms with Crippen LogP contribution >= 0.6 is 24.0 Å². The Morgan fingerprint density at radius 3 is 2.42 bits per heavy atom. The molecule has 1 aliphatic carbocycles. The second-order valence-electron chi connectivity index (χ2n) is 6.04. The molecule has 2 aliphatic rings. The molecule has 0 spiro atoms. The molecule has 126 valence electrons. The first-order chi connectivity index (χ1) is 11.6. The molecule has 0 unspecified atom stereocenters. The summed E-state index contributed by atoms with van der Waals surface area (Å²) in [6.07, 6.45) is 3.61. The van der Waals surface area contributed by atoms with Gasteiger partial charge < -0.3 is 5.43 Å². The molecule has 0 saturated carbocycles. The third kappa shape index (κ3) is 3.61. The van der Waals surface area contributed by atoms with Crippen LogP contribution in [0.1, 0.15) is 46.9 Å². The second kappa shape index (κ2) is 7.59. The summed E-state index contributed by atoms with van der Waals surface area (Å²) in [6, 6.07) is 7.01. The van der Waals surface area contributed by atoms with Crippen molar-refractivity contribution >= 4 is 39.9 Å². The third-order valence-corrected chi connectivity index (χ3v) is 5.67. The van der Waals surface area contributed by atoms with Crippen molar-refractivity contribution in [2.45, 2.75) is 26.2 Å². The molecular formula is C18H20N2O2S2. The summed E-state index contributed by atoms with van der Waals surface area (Å²) in [7, 11) is 0. The van der Waals surface area contributed by atoms with Crippen molar-refractivity contribution in [3.05, 3.63) is 46.5 Å². The number of ketones is 2. The maximum absolute atomic E-state index is 12.7. The Hall–Kier alpha value is -1.50. The predicted octanol–water partition coefficient (Wildman–Crippen LogP) is 3.39. The minimum atomic E-state index is -0.0595. The van der Waals surface area contributed by atoms with E-state index in [4.69, 9.17) is 12.2 Å². The van der Waals surface area contributed by atoms with Crippen LogP contribution in [0.15, 0.2) is 35.4 Å². The van der Waals surface area contributed by atoms with Gasteiger partial charge in [0.25, 0.3) is 0 Å². The van der Waals surface area contributed by atoms with Crippen molar-refractivity contribution in [1.29, 1.82) is 0 Å². The third-order valence-electron chi connectivity index (χ3n) is 4.44. The Kier molecular flexibility index (Phi) is 5.48. The van der Waals surface area contributed by atoms with E-state index in [1.165, 1.54) is 31.0 Å². The molecule has 1 aromatic rings. The first kappa shape index (κ1) is 17.3. The number of hydrazine groups is 1. The molecule has 1 saturated heterocycles. The molecule has 4 nitrogen and oxygen atoms in total. The van der Waals surface area contributed by atoms with Gasteiger partial charge >= 0.3 is 0 Å². The van der Waals surface area contributed by atoms with Gasteiger partial charge in [-0.25, -0.2) is 5.01 Å². The number of thioether (sulfide) groups is 1. The van der Waals surface area contributed by atoms with E-state index in [0.717, 1.165) is 13.1 Å². The lowest BCUT2D eigenvalue weighted by Gasteiger charge is -2.28. The minimum Gasteiger partial charge on any atom is -0.304 e. The standard InChI is InChI=1S/C18H20N2O2S2/c1-12-15(11-24-18(23)19-20-9-5-2-6-10-20)17(22)14-8-4-3-7-13(14)16(12)21/h3-4,7-8H,2,5-6,9-11H2,1H3,(H,19,23). The highest BCUT2D eigenvalue weighted by Crippen LogP contribution is 2.28. The normalized spacial score (nSPS) is 18.5. The number of rotatable bonds is 3. The summed E-state index contributed by atoms with van der Waals surface area (Å²) in [5.74, 6) is 0.302. The number of hydrogen-bond donors (Lipinski definition) is 1. The number of Topliss-reactive ketones (excluding diaryl/α,β-unsaturated/α-hetero) is 2. The van der Waals surface area contributed by atoms with Crippen LogP contribution in [0, 0.1) is 0 Å². The van der Waals surface area contributed by atoms with Crippen molar-refractivity contribution in [3.8, 4) is 0 Å². The molecule has 0 atom stereocenters. The molecule has 6 heteroatoms. The summed E-state index contributed by atoms with van der Waals surface area (Å²) >= 11 is 6.79. The van der Waals surface area contributed by atoms with Gasteiger partial charge in [-0.2, -0.15) is 0 Å². The van der Waals surface area contributed by atoms with Gasteiger partial charge in [-0.05, 0) is 19.8 Å². The number of carbonyl (C=O) groups is 2. The van der Waals surface area contributed by atoms with E-state index >= 15 is 0 Å². The highest BCUT2D eigenvalue weighted by atomic mass is 32.2. The number of benzene rings is 1. The summed E-state index contributed by atoms with van der Waals surface area (Å²) in [4.78, 5) is 25.1. The Balaban J connectivity index is 1.66. The SMILES string of the molecule is CC1=C(CSC(=S)NN2CCCCC2)C(=O)c2ccccc2C1=O. The van der Waals surface area contributed by atoms with Gasteiger partial charge in [0, 0.05) is 41.1 Å². The molecule has 1 aromatic carbocycles. The van der Waals surface area contributed by atoms with E-state index in [1.54, 1.807) is 31.2 Å². The lowest BCUT2D eigenvalue weighted by molar-refractivity contribution is 0.0975. The number of piperidine rings is 1. The van der Waals surface area contributed by atoms with Gasteiger partial charge in [0.1, 0.15) is 4.32 Å². The molecule has 1 aliphatic heterocycles. The molecule has 3 rings (SSSR count). The van der Waals surface area contributed by atoms with Crippen LogP contribution in [0.2, 0.25) is 0 Å². The number of fused-ring (bicyclic) bond motifs is 1. The number of thiocarbonyl (C=S) groups is 1. The molecule has 1 fully saturated rings. The molecule has 0 aromatic heterocycles. The van der Waals surface area contributed by atoms with Crippen LogP contribution in [0.4, 0.5) is 0 Å². The molecule has 1 heterocycles. The summed E-state index contributed by atoms with van der Waals surface area (Å²) in [6.45, 7) is 3.72. The second-order valence-corrected chi connectivity index (χ2v) is 7.70. The van der Waals surface area contributed by atoms with Crippen LogP contribution in [-0.4, -0.2) is 39.7 Å². The fraction of sp³-hybridized carbons (Fsp3) is 0.389. The van der Waals surface area contributed by atoms with Gasteiger partial charge in [-0.15, -0.1) is 0 Å². The predicted molar refractivity (Wildman–Crippen MR) is 101 cm³/mol. The molecule has 24 heavy (non-hydrogen) atoms. The maximum Gasteiger partial charge on any atom is 0.191 e. The van der Waals surface area contributed by atoms with Crippen LogP contribution < -0.4 is 5.43 Å². The minimum absolute atomic E-state index is 0.0593. The Morgan fingerprint density at radius 1 is 1.12 bits per heavy atom. The average Bonchev–Trinajstić information content (AvgIpc) is 2.60. The number of nitrogens with one attached hydrogen (secondary N) is 1. The number of hydrogen-bond acceptors (Lipinski definition) is 5. The van der Waals surface area contributed by atoms with Crippen LogP contribution in [0.3, 0.4) is 0 Å². The van der Waals surface area contributed by atoms with Gasteiger partial charge in [-0.1, -0.05) is 54.7 Å². The van der Waals surface area contributed by atoms with Gasteiger partial charge in [0.2, 0.25) is 0 Å². The van der Waals surface area contributed by atoms with Crippen molar-refractivity contribution in [3.63, 3.8) is 0 Å². The van der Waals surface area contributed by atoms with Crippen molar-refractivity contribution < 1.29 is 9.59 Å². The largest absolute Gasteiger partial charge is 0.304 e. The molecule has 0 radical (unpaired) electrons. The average molecular weight is 361 g/mol. The Bertz CT molecular complexity index is 721. The van der Waals surface area contributed by atoms with Crippen molar-refractivity contribution in [2.24, 2.45) is 0 Å². The van der Waals surface area contributed by atoms with E-state index in [9.17, 15) is 9.59 Å². The Labute approximate surface area is 151 Å². The topological polar surface area (TPSA) is 49.4 Å². The Morgan fingerprint density at radius 2 is 1.75 bits per heavy atom. The van der Waals surface area contributed by atoms with Crippen LogP contribution in [0.5, 0.6) is 0 Å². The highest BCUT2D eigenvalue weighted by molar-refractivity contribution is 8.23. The van der Waals surface area contributed by atoms with Crippen molar-refractivity contribution in [2.75, 3.05) is 18.8 Å². The molecular weight excluding hydrogens is 340 g/mol. The monoisotopic (exact) mass is 360 g/mol. The molecule has 0 bridgehead atoms. The molecule has 0 amide bonds. The van der Waals surface area contributed by atoms with Crippen LogP contribution in [-0.2, 0) is 0 Å². The van der Waals surface area contributed by atoms with Gasteiger partial charge in [-0.3, -0.25) is 9.59 Å². The number of nitrogens with zero attached hydrogens (tertiary/aromatic N) is 1. The number of allylic oxidation sites excluding steroid dienone is 1. The fourth-order valence-corrected chi connectivity index (χ4v) is 4.15. The molecule has 1 N–H and O–H groups in total. The van der Waals surface area contributed by atoms with Crippen molar-refractivity contribution in [1.82, 2.24) is 10.4 Å². The van der Waals surface area contributed by atoms with E-state index in [2.05, 4.69) is 10.4 Å². The highest BCUT2D eigenvalue weighted by Gasteiger charge is 2.29. The number of carbonyl (C=O) groups excluding carboxylic acids is 2. The summed E-state index contributed by atoms with van der Waals surface area (Å²) < 4.78 is 0.649. The summed E-state index contributed by atoms with van der Waals surface area (Å²) in [5, 5.41) is 2.13. The van der Waals surface area contributed by atoms with E-state index in [0.29, 0.717) is 32.3 Å². The zero-order chi connectivity index (χ0) is 17.1.